The van der Waals surface area contributed by atoms with Gasteiger partial charge in [0.2, 0.25) is 12.7 Å². The lowest BCUT2D eigenvalue weighted by molar-refractivity contribution is -0.130. The summed E-state index contributed by atoms with van der Waals surface area (Å²) in [5, 5.41) is 3.82. The van der Waals surface area contributed by atoms with Crippen LogP contribution < -0.4 is 20.2 Å². The van der Waals surface area contributed by atoms with Crippen LogP contribution in [0.1, 0.15) is 64.5 Å². The Kier molecular flexibility index (Phi) is 10.8. The number of hydrogen-bond donors (Lipinski definition) is 2. The van der Waals surface area contributed by atoms with E-state index < -0.39 is 29.6 Å². The van der Waals surface area contributed by atoms with Crippen molar-refractivity contribution in [2.24, 2.45) is 5.92 Å². The number of unbranched alkanes of at least 4 members (excludes halogenated alkanes) is 2. The summed E-state index contributed by atoms with van der Waals surface area (Å²) >= 11 is 0. The Morgan fingerprint density at radius 2 is 1.79 bits per heavy atom. The number of benzene rings is 2. The minimum Gasteiger partial charge on any atom is -0.454 e. The Labute approximate surface area is 229 Å². The average Bonchev–Trinajstić information content (AvgIpc) is 3.38. The number of carbonyl (C=O) groups is 3. The van der Waals surface area contributed by atoms with E-state index in [1.165, 1.54) is 0 Å². The number of hydrogen-bond acceptors (Lipinski definition) is 7. The molecule has 0 spiro atoms. The van der Waals surface area contributed by atoms with E-state index in [1.807, 2.05) is 30.3 Å². The Bertz CT molecular complexity index is 1100. The van der Waals surface area contributed by atoms with E-state index in [0.717, 1.165) is 29.8 Å². The zero-order valence-corrected chi connectivity index (χ0v) is 23.2. The third-order valence-electron chi connectivity index (χ3n) is 5.90. The number of rotatable bonds is 11. The van der Waals surface area contributed by atoms with Crippen molar-refractivity contribution in [3.8, 4) is 11.5 Å². The van der Waals surface area contributed by atoms with Crippen LogP contribution in [0.25, 0.3) is 0 Å². The topological polar surface area (TPSA) is 115 Å². The number of nitrogens with one attached hydrogen (secondary N) is 2. The lowest BCUT2D eigenvalue weighted by Crippen LogP contribution is -2.51. The van der Waals surface area contributed by atoms with E-state index in [1.54, 1.807) is 39.0 Å². The molecule has 0 aliphatic carbocycles. The van der Waals surface area contributed by atoms with Crippen molar-refractivity contribution < 1.29 is 33.3 Å². The summed E-state index contributed by atoms with van der Waals surface area (Å²) in [4.78, 5) is 38.9. The van der Waals surface area contributed by atoms with Crippen molar-refractivity contribution in [1.82, 2.24) is 15.8 Å². The zero-order chi connectivity index (χ0) is 28.3. The van der Waals surface area contributed by atoms with Crippen LogP contribution >= 0.6 is 0 Å². The van der Waals surface area contributed by atoms with Crippen LogP contribution in [0.4, 0.5) is 9.59 Å². The minimum absolute atomic E-state index is 0.00140. The van der Waals surface area contributed by atoms with Gasteiger partial charge in [0.15, 0.2) is 11.5 Å². The van der Waals surface area contributed by atoms with Gasteiger partial charge in [0, 0.05) is 12.1 Å². The summed E-state index contributed by atoms with van der Waals surface area (Å²) in [7, 11) is 0. The van der Waals surface area contributed by atoms with Gasteiger partial charge in [-0.1, -0.05) is 68.7 Å². The Morgan fingerprint density at radius 3 is 2.51 bits per heavy atom. The second-order valence-electron chi connectivity index (χ2n) is 10.3. The molecular weight excluding hydrogens is 502 g/mol. The first-order chi connectivity index (χ1) is 18.7. The number of fused-ring (bicyclic) bond motifs is 1. The van der Waals surface area contributed by atoms with Crippen molar-refractivity contribution in [1.29, 1.82) is 0 Å². The minimum atomic E-state index is -0.775. The monoisotopic (exact) mass is 541 g/mol. The Balaban J connectivity index is 1.68. The molecule has 10 nitrogen and oxygen atoms in total. The first-order valence-electron chi connectivity index (χ1n) is 13.3. The highest BCUT2D eigenvalue weighted by Crippen LogP contribution is 2.36. The van der Waals surface area contributed by atoms with E-state index in [-0.39, 0.29) is 26.5 Å². The third-order valence-corrected chi connectivity index (χ3v) is 5.90. The molecule has 10 heteroatoms. The second kappa shape index (κ2) is 14.3. The zero-order valence-electron chi connectivity index (χ0n) is 23.2. The second-order valence-corrected chi connectivity index (χ2v) is 10.3. The molecule has 1 aliphatic rings. The predicted octanol–water partition coefficient (Wildman–Crippen LogP) is 5.31. The summed E-state index contributed by atoms with van der Waals surface area (Å²) in [5.41, 5.74) is 3.46. The lowest BCUT2D eigenvalue weighted by Gasteiger charge is -2.29. The number of nitrogens with zero attached hydrogens (tertiary/aromatic N) is 1. The molecule has 0 saturated heterocycles. The maximum absolute atomic E-state index is 13.4. The standard InChI is InChI=1S/C29H39N3O7/c1-5-6-8-14-22(17-30-27(34)36-19-21-12-9-7-10-13-21)26(33)31-32(28(35)39-29(2,3)4)18-23-15-11-16-24-25(23)38-20-37-24/h7,9-13,15-16,22H,5-6,8,14,17-20H2,1-4H3,(H,30,34)(H,31,33)/t22-/m1/s1. The third kappa shape index (κ3) is 9.70. The number of carbonyl (C=O) groups excluding carboxylic acids is 3. The normalized spacial score (nSPS) is 12.8. The number of amides is 3. The fraction of sp³-hybridized carbons (Fsp3) is 0.483. The van der Waals surface area contributed by atoms with Gasteiger partial charge in [0.05, 0.1) is 12.5 Å². The molecule has 1 aliphatic heterocycles. The maximum Gasteiger partial charge on any atom is 0.429 e. The molecule has 39 heavy (non-hydrogen) atoms. The van der Waals surface area contributed by atoms with Crippen molar-refractivity contribution >= 4 is 18.1 Å². The molecule has 2 aromatic rings. The van der Waals surface area contributed by atoms with Crippen molar-refractivity contribution in [3.63, 3.8) is 0 Å². The van der Waals surface area contributed by atoms with Gasteiger partial charge in [0.1, 0.15) is 12.2 Å². The van der Waals surface area contributed by atoms with Crippen molar-refractivity contribution in [2.45, 2.75) is 72.1 Å². The van der Waals surface area contributed by atoms with Gasteiger partial charge in [0.25, 0.3) is 0 Å². The van der Waals surface area contributed by atoms with E-state index >= 15 is 0 Å². The highest BCUT2D eigenvalue weighted by atomic mass is 16.7. The first kappa shape index (κ1) is 29.6. The first-order valence-corrected chi connectivity index (χ1v) is 13.3. The molecule has 3 rings (SSSR count). The summed E-state index contributed by atoms with van der Waals surface area (Å²) in [6.07, 6.45) is 1.90. The molecule has 0 fully saturated rings. The summed E-state index contributed by atoms with van der Waals surface area (Å²) < 4.78 is 21.9. The van der Waals surface area contributed by atoms with Gasteiger partial charge in [-0.2, -0.15) is 0 Å². The molecule has 0 aromatic heterocycles. The van der Waals surface area contributed by atoms with E-state index in [0.29, 0.717) is 23.5 Å². The number of hydrazine groups is 1. The Morgan fingerprint density at radius 1 is 1.03 bits per heavy atom. The highest BCUT2D eigenvalue weighted by molar-refractivity contribution is 5.82. The van der Waals surface area contributed by atoms with Gasteiger partial charge < -0.3 is 24.3 Å². The molecule has 2 aromatic carbocycles. The summed E-state index contributed by atoms with van der Waals surface area (Å²) in [5.74, 6) is 0.0816. The van der Waals surface area contributed by atoms with Gasteiger partial charge in [-0.05, 0) is 38.8 Å². The summed E-state index contributed by atoms with van der Waals surface area (Å²) in [6, 6.07) is 14.7. The van der Waals surface area contributed by atoms with Crippen molar-refractivity contribution in [3.05, 3.63) is 59.7 Å². The number of para-hydroxylation sites is 1. The number of alkyl carbamates (subject to hydrolysis) is 1. The highest BCUT2D eigenvalue weighted by Gasteiger charge is 2.29. The van der Waals surface area contributed by atoms with E-state index in [2.05, 4.69) is 17.7 Å². The van der Waals surface area contributed by atoms with Crippen LogP contribution in [0.2, 0.25) is 0 Å². The fourth-order valence-corrected chi connectivity index (χ4v) is 3.92. The van der Waals surface area contributed by atoms with Gasteiger partial charge in [-0.15, -0.1) is 0 Å². The van der Waals surface area contributed by atoms with Gasteiger partial charge >= 0.3 is 12.2 Å². The smallest absolute Gasteiger partial charge is 0.429 e. The fourth-order valence-electron chi connectivity index (χ4n) is 3.92. The van der Waals surface area contributed by atoms with Crippen LogP contribution in [0.5, 0.6) is 11.5 Å². The molecule has 1 atom stereocenters. The van der Waals surface area contributed by atoms with E-state index in [4.69, 9.17) is 18.9 Å². The van der Waals surface area contributed by atoms with Gasteiger partial charge in [-0.3, -0.25) is 10.2 Å². The van der Waals surface area contributed by atoms with Crippen LogP contribution in [0, 0.1) is 5.92 Å². The maximum atomic E-state index is 13.4. The van der Waals surface area contributed by atoms with Crippen LogP contribution in [0.3, 0.4) is 0 Å². The molecule has 212 valence electrons. The molecule has 0 bridgehead atoms. The molecule has 3 amide bonds. The summed E-state index contributed by atoms with van der Waals surface area (Å²) in [6.45, 7) is 7.59. The van der Waals surface area contributed by atoms with Crippen LogP contribution in [-0.4, -0.2) is 42.0 Å². The van der Waals surface area contributed by atoms with Crippen LogP contribution in [-0.2, 0) is 27.4 Å². The molecule has 0 saturated carbocycles. The van der Waals surface area contributed by atoms with Crippen LogP contribution in [0.15, 0.2) is 48.5 Å². The predicted molar refractivity (Wildman–Crippen MR) is 145 cm³/mol. The van der Waals surface area contributed by atoms with E-state index in [9.17, 15) is 14.4 Å². The Hall–Kier alpha value is -3.95. The molecule has 1 heterocycles. The lowest BCUT2D eigenvalue weighted by atomic mass is 10.0. The molecular formula is C29H39N3O7. The van der Waals surface area contributed by atoms with Crippen molar-refractivity contribution in [2.75, 3.05) is 13.3 Å². The molecule has 0 unspecified atom stereocenters. The number of ether oxygens (including phenoxy) is 4. The molecule has 0 radical (unpaired) electrons. The quantitative estimate of drug-likeness (QED) is 0.293. The largest absolute Gasteiger partial charge is 0.454 e. The average molecular weight is 542 g/mol. The SMILES string of the molecule is CCCCC[C@H](CNC(=O)OCc1ccccc1)C(=O)NN(Cc1cccc2c1OCO2)C(=O)OC(C)(C)C. The molecule has 2 N–H and O–H groups in total. The van der Waals surface area contributed by atoms with Gasteiger partial charge in [-0.25, -0.2) is 14.6 Å².